The highest BCUT2D eigenvalue weighted by Crippen LogP contribution is 2.43. The van der Waals surface area contributed by atoms with Gasteiger partial charge in [-0.15, -0.1) is 8.19 Å². The van der Waals surface area contributed by atoms with Crippen molar-refractivity contribution in [1.29, 1.82) is 0 Å². The van der Waals surface area contributed by atoms with Crippen LogP contribution in [0.15, 0.2) is 46.9 Å². The second-order valence-corrected chi connectivity index (χ2v) is 5.77. The molecular formula is C15H11OP. The number of hydrogen-bond acceptors (Lipinski definition) is 1. The van der Waals surface area contributed by atoms with Gasteiger partial charge in [0.25, 0.3) is 0 Å². The molecule has 1 unspecified atom stereocenters. The van der Waals surface area contributed by atoms with Crippen molar-refractivity contribution in [2.45, 2.75) is 6.92 Å². The zero-order chi connectivity index (χ0) is 11.4. The van der Waals surface area contributed by atoms with Gasteiger partial charge in [0, 0.05) is 21.0 Å². The van der Waals surface area contributed by atoms with E-state index in [4.69, 9.17) is 4.42 Å². The monoisotopic (exact) mass is 238 g/mol. The topological polar surface area (TPSA) is 13.1 Å². The van der Waals surface area contributed by atoms with Crippen molar-refractivity contribution in [3.8, 4) is 0 Å². The summed E-state index contributed by atoms with van der Waals surface area (Å²) >= 11 is 0. The third-order valence-electron chi connectivity index (χ3n) is 3.27. The standard InChI is InChI=1S/C15H11OP/c1-9-6-7-11-13(8-9)17-15-10-4-2-3-5-12(10)16-14(11)15/h2-8,17H,1H3. The van der Waals surface area contributed by atoms with E-state index in [-0.39, 0.29) is 0 Å². The fourth-order valence-electron chi connectivity index (χ4n) is 2.45. The van der Waals surface area contributed by atoms with Gasteiger partial charge in [0.1, 0.15) is 11.2 Å². The van der Waals surface area contributed by atoms with E-state index in [1.807, 2.05) is 12.1 Å². The summed E-state index contributed by atoms with van der Waals surface area (Å²) in [7, 11) is 0.732. The van der Waals surface area contributed by atoms with Gasteiger partial charge >= 0.3 is 0 Å². The normalized spacial score (nSPS) is 12.3. The molecule has 0 saturated carbocycles. The van der Waals surface area contributed by atoms with Crippen LogP contribution in [0.3, 0.4) is 0 Å². The molecule has 1 atom stereocenters. The lowest BCUT2D eigenvalue weighted by Crippen LogP contribution is -1.68. The van der Waals surface area contributed by atoms with E-state index in [9.17, 15) is 0 Å². The van der Waals surface area contributed by atoms with E-state index in [0.29, 0.717) is 0 Å². The van der Waals surface area contributed by atoms with Crippen LogP contribution in [0, 0.1) is 6.92 Å². The van der Waals surface area contributed by atoms with E-state index in [2.05, 4.69) is 37.3 Å². The van der Waals surface area contributed by atoms with Crippen LogP contribution in [0.4, 0.5) is 0 Å². The van der Waals surface area contributed by atoms with Crippen molar-refractivity contribution in [3.63, 3.8) is 0 Å². The van der Waals surface area contributed by atoms with Crippen LogP contribution in [-0.2, 0) is 0 Å². The maximum Gasteiger partial charge on any atom is 0.147 e. The molecule has 0 spiro atoms. The first kappa shape index (κ1) is 9.32. The Morgan fingerprint density at radius 1 is 1.00 bits per heavy atom. The molecule has 17 heavy (non-hydrogen) atoms. The minimum atomic E-state index is 0.732. The largest absolute Gasteiger partial charge is 0.455 e. The Labute approximate surface area is 100 Å². The number of benzene rings is 2. The molecule has 2 heteroatoms. The van der Waals surface area contributed by atoms with Gasteiger partial charge in [0.05, 0.1) is 0 Å². The Kier molecular flexibility index (Phi) is 1.73. The number of furan rings is 1. The molecule has 82 valence electrons. The van der Waals surface area contributed by atoms with Gasteiger partial charge in [-0.3, -0.25) is 0 Å². The lowest BCUT2D eigenvalue weighted by atomic mass is 10.2. The van der Waals surface area contributed by atoms with Crippen molar-refractivity contribution in [3.05, 3.63) is 48.0 Å². The van der Waals surface area contributed by atoms with E-state index in [1.54, 1.807) is 0 Å². The Morgan fingerprint density at radius 3 is 2.82 bits per heavy atom. The summed E-state index contributed by atoms with van der Waals surface area (Å²) in [5.74, 6) is 0. The molecular weight excluding hydrogens is 227 g/mol. The summed E-state index contributed by atoms with van der Waals surface area (Å²) in [5, 5.41) is 5.35. The maximum absolute atomic E-state index is 5.98. The van der Waals surface area contributed by atoms with Gasteiger partial charge in [0.15, 0.2) is 0 Å². The molecule has 0 amide bonds. The van der Waals surface area contributed by atoms with Crippen LogP contribution in [0.5, 0.6) is 0 Å². The average Bonchev–Trinajstić information content (AvgIpc) is 2.84. The van der Waals surface area contributed by atoms with E-state index >= 15 is 0 Å². The van der Waals surface area contributed by atoms with E-state index < -0.39 is 0 Å². The van der Waals surface area contributed by atoms with Crippen molar-refractivity contribution in [2.75, 3.05) is 0 Å². The van der Waals surface area contributed by atoms with Gasteiger partial charge < -0.3 is 4.42 Å². The van der Waals surface area contributed by atoms with Crippen LogP contribution >= 0.6 is 8.19 Å². The second kappa shape index (κ2) is 3.15. The van der Waals surface area contributed by atoms with Gasteiger partial charge in [-0.05, 0) is 19.1 Å². The Morgan fingerprint density at radius 2 is 1.88 bits per heavy atom. The molecule has 2 aromatic carbocycles. The summed E-state index contributed by atoms with van der Waals surface area (Å²) in [6.45, 7) is 2.14. The maximum atomic E-state index is 5.98. The van der Waals surface area contributed by atoms with Crippen molar-refractivity contribution in [2.24, 2.45) is 0 Å². The van der Waals surface area contributed by atoms with Crippen molar-refractivity contribution >= 4 is 40.4 Å². The molecule has 1 nitrogen and oxygen atoms in total. The first-order chi connectivity index (χ1) is 8.33. The molecule has 4 aromatic rings. The molecule has 0 aliphatic heterocycles. The minimum absolute atomic E-state index is 0.732. The van der Waals surface area contributed by atoms with Crippen LogP contribution in [0.2, 0.25) is 0 Å². The third kappa shape index (κ3) is 1.20. The molecule has 0 saturated heterocycles. The molecule has 0 aliphatic rings. The number of rotatable bonds is 0. The zero-order valence-electron chi connectivity index (χ0n) is 9.45. The molecule has 0 N–H and O–H groups in total. The lowest BCUT2D eigenvalue weighted by Gasteiger charge is -1.92. The van der Waals surface area contributed by atoms with Crippen LogP contribution in [-0.4, -0.2) is 0 Å². The molecule has 0 aliphatic carbocycles. The molecule has 4 rings (SSSR count). The summed E-state index contributed by atoms with van der Waals surface area (Å²) in [4.78, 5) is 0. The van der Waals surface area contributed by atoms with Crippen LogP contribution in [0.25, 0.3) is 32.2 Å². The Bertz CT molecular complexity index is 851. The quantitative estimate of drug-likeness (QED) is 0.416. The first-order valence-corrected chi connectivity index (χ1v) is 6.72. The predicted octanol–water partition coefficient (Wildman–Crippen LogP) is 5.08. The summed E-state index contributed by atoms with van der Waals surface area (Å²) < 4.78 is 5.98. The van der Waals surface area contributed by atoms with Gasteiger partial charge in [0.2, 0.25) is 0 Å². The highest BCUT2D eigenvalue weighted by Gasteiger charge is 2.11. The smallest absolute Gasteiger partial charge is 0.147 e. The van der Waals surface area contributed by atoms with Gasteiger partial charge in [-0.2, -0.15) is 0 Å². The highest BCUT2D eigenvalue weighted by molar-refractivity contribution is 7.44. The summed E-state index contributed by atoms with van der Waals surface area (Å²) in [6.07, 6.45) is 0. The minimum Gasteiger partial charge on any atom is -0.455 e. The SMILES string of the molecule is Cc1ccc2c(c1)[pH]c1c3ccccc3oc21. The third-order valence-corrected chi connectivity index (χ3v) is 4.70. The Hall–Kier alpha value is -1.72. The van der Waals surface area contributed by atoms with Crippen LogP contribution in [0.1, 0.15) is 5.56 Å². The second-order valence-electron chi connectivity index (χ2n) is 4.48. The summed E-state index contributed by atoms with van der Waals surface area (Å²) in [6, 6.07) is 14.9. The van der Waals surface area contributed by atoms with Crippen molar-refractivity contribution in [1.82, 2.24) is 0 Å². The Balaban J connectivity index is 2.29. The lowest BCUT2D eigenvalue weighted by molar-refractivity contribution is 0.673. The number of hydrogen-bond donors (Lipinski definition) is 0. The molecule has 2 aromatic heterocycles. The molecule has 2 heterocycles. The molecule has 0 bridgehead atoms. The van der Waals surface area contributed by atoms with E-state index in [0.717, 1.165) is 19.4 Å². The number of para-hydroxylation sites is 1. The number of fused-ring (bicyclic) bond motifs is 5. The van der Waals surface area contributed by atoms with Crippen LogP contribution < -0.4 is 0 Å². The first-order valence-electron chi connectivity index (χ1n) is 5.72. The summed E-state index contributed by atoms with van der Waals surface area (Å²) in [5.41, 5.74) is 3.42. The average molecular weight is 238 g/mol. The fourth-order valence-corrected chi connectivity index (χ4v) is 3.99. The highest BCUT2D eigenvalue weighted by atomic mass is 31.0. The molecule has 0 fully saturated rings. The van der Waals surface area contributed by atoms with Gasteiger partial charge in [-0.1, -0.05) is 35.9 Å². The van der Waals surface area contributed by atoms with Gasteiger partial charge in [-0.25, -0.2) is 0 Å². The number of aryl methyl sites for hydroxylation is 1. The molecule has 0 radical (unpaired) electrons. The fraction of sp³-hybridized carbons (Fsp3) is 0.0667. The van der Waals surface area contributed by atoms with Crippen molar-refractivity contribution < 1.29 is 4.42 Å². The van der Waals surface area contributed by atoms with E-state index in [1.165, 1.54) is 26.6 Å². The predicted molar refractivity (Wildman–Crippen MR) is 75.5 cm³/mol. The zero-order valence-corrected chi connectivity index (χ0v) is 10.4.